The molecular weight excluding hydrogens is 272 g/mol. The number of aromatic nitrogens is 3. The molecule has 1 amide bonds. The molecule has 0 spiro atoms. The van der Waals surface area contributed by atoms with Crippen LogP contribution in [0.1, 0.15) is 19.3 Å². The molecule has 1 N–H and O–H groups in total. The van der Waals surface area contributed by atoms with Crippen molar-refractivity contribution in [2.75, 3.05) is 5.32 Å². The Hall–Kier alpha value is -2.08. The summed E-state index contributed by atoms with van der Waals surface area (Å²) in [6.07, 6.45) is 13.6. The van der Waals surface area contributed by atoms with E-state index in [-0.39, 0.29) is 11.8 Å². The van der Waals surface area contributed by atoms with Gasteiger partial charge < -0.3 is 5.32 Å². The lowest BCUT2D eigenvalue weighted by Crippen LogP contribution is -2.23. The number of hydrogen-bond acceptors (Lipinski definition) is 5. The van der Waals surface area contributed by atoms with Crippen molar-refractivity contribution < 1.29 is 4.79 Å². The number of anilines is 1. The Balaban J connectivity index is 1.68. The third-order valence-electron chi connectivity index (χ3n) is 3.19. The lowest BCUT2D eigenvalue weighted by molar-refractivity contribution is -0.120. The number of rotatable bonds is 3. The van der Waals surface area contributed by atoms with Crippen LogP contribution in [0.15, 0.2) is 36.9 Å². The fourth-order valence-electron chi connectivity index (χ4n) is 2.12. The van der Waals surface area contributed by atoms with Gasteiger partial charge in [0.25, 0.3) is 0 Å². The molecular formula is C14H14N4OS. The zero-order valence-corrected chi connectivity index (χ0v) is 11.6. The van der Waals surface area contributed by atoms with Crippen LogP contribution in [0.25, 0.3) is 10.6 Å². The van der Waals surface area contributed by atoms with E-state index in [1.54, 1.807) is 24.8 Å². The molecule has 5 nitrogen and oxygen atoms in total. The van der Waals surface area contributed by atoms with E-state index >= 15 is 0 Å². The summed E-state index contributed by atoms with van der Waals surface area (Å²) in [6, 6.07) is 0. The first-order valence-electron chi connectivity index (χ1n) is 6.51. The Bertz CT molecular complexity index is 623. The van der Waals surface area contributed by atoms with Crippen molar-refractivity contribution >= 4 is 22.4 Å². The van der Waals surface area contributed by atoms with Crippen LogP contribution in [-0.4, -0.2) is 20.9 Å². The lowest BCUT2D eigenvalue weighted by Gasteiger charge is -2.15. The molecule has 1 aliphatic carbocycles. The van der Waals surface area contributed by atoms with Crippen LogP contribution >= 0.6 is 11.3 Å². The summed E-state index contributed by atoms with van der Waals surface area (Å²) >= 11 is 1.41. The SMILES string of the molecule is O=C(Nc1ncc(-c2cnccn2)s1)C1CC=CCC1. The van der Waals surface area contributed by atoms with Gasteiger partial charge in [0, 0.05) is 24.5 Å². The molecule has 2 aromatic heterocycles. The fraction of sp³-hybridized carbons (Fsp3) is 0.286. The van der Waals surface area contributed by atoms with E-state index in [4.69, 9.17) is 0 Å². The van der Waals surface area contributed by atoms with Gasteiger partial charge in [-0.15, -0.1) is 0 Å². The first-order chi connectivity index (χ1) is 9.83. The van der Waals surface area contributed by atoms with Gasteiger partial charge in [0.2, 0.25) is 5.91 Å². The normalized spacial score (nSPS) is 17.9. The maximum Gasteiger partial charge on any atom is 0.229 e. The molecule has 1 atom stereocenters. The second-order valence-corrected chi connectivity index (χ2v) is 5.62. The highest BCUT2D eigenvalue weighted by molar-refractivity contribution is 7.19. The van der Waals surface area contributed by atoms with Crippen molar-refractivity contribution in [1.82, 2.24) is 15.0 Å². The first-order valence-corrected chi connectivity index (χ1v) is 7.32. The van der Waals surface area contributed by atoms with Gasteiger partial charge in [-0.25, -0.2) is 4.98 Å². The van der Waals surface area contributed by atoms with E-state index < -0.39 is 0 Å². The Morgan fingerprint density at radius 1 is 1.25 bits per heavy atom. The topological polar surface area (TPSA) is 67.8 Å². The summed E-state index contributed by atoms with van der Waals surface area (Å²) in [5.41, 5.74) is 0.770. The van der Waals surface area contributed by atoms with E-state index in [2.05, 4.69) is 32.4 Å². The summed E-state index contributed by atoms with van der Waals surface area (Å²) in [5, 5.41) is 3.50. The molecule has 6 heteroatoms. The zero-order chi connectivity index (χ0) is 13.8. The molecule has 2 aromatic rings. The lowest BCUT2D eigenvalue weighted by atomic mass is 9.94. The molecule has 1 aliphatic rings. The van der Waals surface area contributed by atoms with E-state index in [0.717, 1.165) is 29.8 Å². The predicted octanol–water partition coefficient (Wildman–Crippen LogP) is 2.89. The molecule has 0 bridgehead atoms. The van der Waals surface area contributed by atoms with Gasteiger partial charge >= 0.3 is 0 Å². The van der Waals surface area contributed by atoms with Crippen molar-refractivity contribution in [2.45, 2.75) is 19.3 Å². The molecule has 20 heavy (non-hydrogen) atoms. The molecule has 0 aliphatic heterocycles. The summed E-state index contributed by atoms with van der Waals surface area (Å²) in [7, 11) is 0. The van der Waals surface area contributed by atoms with Crippen molar-refractivity contribution in [2.24, 2.45) is 5.92 Å². The van der Waals surface area contributed by atoms with Crippen molar-refractivity contribution in [3.05, 3.63) is 36.9 Å². The van der Waals surface area contributed by atoms with Crippen LogP contribution in [0.5, 0.6) is 0 Å². The third kappa shape index (κ3) is 2.91. The second kappa shape index (κ2) is 5.92. The van der Waals surface area contributed by atoms with Gasteiger partial charge in [-0.1, -0.05) is 23.5 Å². The summed E-state index contributed by atoms with van der Waals surface area (Å²) in [6.45, 7) is 0. The smallest absolute Gasteiger partial charge is 0.229 e. The third-order valence-corrected chi connectivity index (χ3v) is 4.13. The number of carbonyl (C=O) groups excluding carboxylic acids is 1. The molecule has 0 fully saturated rings. The van der Waals surface area contributed by atoms with Crippen LogP contribution in [0.4, 0.5) is 5.13 Å². The van der Waals surface area contributed by atoms with Crippen LogP contribution in [0.3, 0.4) is 0 Å². The van der Waals surface area contributed by atoms with Crippen LogP contribution in [-0.2, 0) is 4.79 Å². The predicted molar refractivity (Wildman–Crippen MR) is 78.3 cm³/mol. The molecule has 0 aromatic carbocycles. The number of allylic oxidation sites excluding steroid dienone is 2. The van der Waals surface area contributed by atoms with Crippen molar-refractivity contribution in [1.29, 1.82) is 0 Å². The largest absolute Gasteiger partial charge is 0.302 e. The molecule has 2 heterocycles. The number of hydrogen-bond donors (Lipinski definition) is 1. The van der Waals surface area contributed by atoms with Gasteiger partial charge in [-0.2, -0.15) is 0 Å². The molecule has 0 saturated heterocycles. The van der Waals surface area contributed by atoms with Gasteiger partial charge in [0.15, 0.2) is 5.13 Å². The van der Waals surface area contributed by atoms with Gasteiger partial charge in [0.1, 0.15) is 5.69 Å². The van der Waals surface area contributed by atoms with Crippen LogP contribution in [0.2, 0.25) is 0 Å². The summed E-state index contributed by atoms with van der Waals surface area (Å²) in [4.78, 5) is 25.5. The maximum atomic E-state index is 12.1. The average molecular weight is 286 g/mol. The minimum Gasteiger partial charge on any atom is -0.302 e. The first kappa shape index (κ1) is 12.9. The monoisotopic (exact) mass is 286 g/mol. The number of nitrogens with zero attached hydrogens (tertiary/aromatic N) is 3. The molecule has 0 saturated carbocycles. The van der Waals surface area contributed by atoms with Crippen LogP contribution in [0, 0.1) is 5.92 Å². The second-order valence-electron chi connectivity index (χ2n) is 4.59. The quantitative estimate of drug-likeness (QED) is 0.881. The average Bonchev–Trinajstić information content (AvgIpc) is 2.97. The Kier molecular flexibility index (Phi) is 3.83. The van der Waals surface area contributed by atoms with Gasteiger partial charge in [-0.05, 0) is 19.3 Å². The molecule has 0 radical (unpaired) electrons. The number of nitrogens with one attached hydrogen (secondary N) is 1. The van der Waals surface area contributed by atoms with E-state index in [9.17, 15) is 4.79 Å². The van der Waals surface area contributed by atoms with Crippen LogP contribution < -0.4 is 5.32 Å². The highest BCUT2D eigenvalue weighted by Crippen LogP contribution is 2.28. The minimum absolute atomic E-state index is 0.0504. The standard InChI is InChI=1S/C14H14N4OS/c19-13(10-4-2-1-3-5-10)18-14-17-9-12(20-14)11-8-15-6-7-16-11/h1-2,6-10H,3-5H2,(H,17,18,19). The highest BCUT2D eigenvalue weighted by Gasteiger charge is 2.19. The minimum atomic E-state index is 0.0504. The number of amides is 1. The maximum absolute atomic E-state index is 12.1. The zero-order valence-electron chi connectivity index (χ0n) is 10.8. The number of thiazole rings is 1. The molecule has 1 unspecified atom stereocenters. The molecule has 102 valence electrons. The summed E-state index contributed by atoms with van der Waals surface area (Å²) < 4.78 is 0. The fourth-order valence-corrected chi connectivity index (χ4v) is 2.90. The Morgan fingerprint density at radius 3 is 2.95 bits per heavy atom. The van der Waals surface area contributed by atoms with E-state index in [1.807, 2.05) is 0 Å². The van der Waals surface area contributed by atoms with E-state index in [0.29, 0.717) is 5.13 Å². The highest BCUT2D eigenvalue weighted by atomic mass is 32.1. The van der Waals surface area contributed by atoms with E-state index in [1.165, 1.54) is 11.3 Å². The van der Waals surface area contributed by atoms with Gasteiger partial charge in [-0.3, -0.25) is 14.8 Å². The number of carbonyl (C=O) groups is 1. The van der Waals surface area contributed by atoms with Crippen molar-refractivity contribution in [3.63, 3.8) is 0 Å². The van der Waals surface area contributed by atoms with Crippen molar-refractivity contribution in [3.8, 4) is 10.6 Å². The summed E-state index contributed by atoms with van der Waals surface area (Å²) in [5.74, 6) is 0.110. The van der Waals surface area contributed by atoms with Gasteiger partial charge in [0.05, 0.1) is 11.1 Å². The Labute approximate surface area is 120 Å². The molecule has 3 rings (SSSR count). The Morgan fingerprint density at radius 2 is 2.20 bits per heavy atom.